The first kappa shape index (κ1) is 14.9. The first-order chi connectivity index (χ1) is 9.80. The van der Waals surface area contributed by atoms with Gasteiger partial charge < -0.3 is 4.74 Å². The fourth-order valence-electron chi connectivity index (χ4n) is 5.72. The van der Waals surface area contributed by atoms with E-state index in [-0.39, 0.29) is 0 Å². The van der Waals surface area contributed by atoms with Gasteiger partial charge in [0.15, 0.2) is 0 Å². The normalized spacial score (nSPS) is 43.5. The SMILES string of the molecule is CCCCCC1CC2CC3CC(OCC)CC3CC2C1. The molecule has 1 heteroatoms. The summed E-state index contributed by atoms with van der Waals surface area (Å²) < 4.78 is 5.90. The molecule has 3 aliphatic rings. The average molecular weight is 278 g/mol. The molecule has 0 aliphatic heterocycles. The lowest BCUT2D eigenvalue weighted by Crippen LogP contribution is -2.25. The van der Waals surface area contributed by atoms with Crippen molar-refractivity contribution in [1.29, 1.82) is 0 Å². The van der Waals surface area contributed by atoms with Crippen LogP contribution in [0.15, 0.2) is 0 Å². The minimum atomic E-state index is 0.606. The summed E-state index contributed by atoms with van der Waals surface area (Å²) in [7, 11) is 0. The van der Waals surface area contributed by atoms with Gasteiger partial charge in [-0.1, -0.05) is 32.6 Å². The van der Waals surface area contributed by atoms with E-state index in [9.17, 15) is 0 Å². The van der Waals surface area contributed by atoms with Crippen LogP contribution < -0.4 is 0 Å². The summed E-state index contributed by atoms with van der Waals surface area (Å²) in [6, 6.07) is 0. The van der Waals surface area contributed by atoms with Gasteiger partial charge in [0.25, 0.3) is 0 Å². The van der Waals surface area contributed by atoms with Crippen LogP contribution in [-0.2, 0) is 4.74 Å². The van der Waals surface area contributed by atoms with Gasteiger partial charge in [-0.25, -0.2) is 0 Å². The van der Waals surface area contributed by atoms with Gasteiger partial charge in [-0.15, -0.1) is 0 Å². The Morgan fingerprint density at radius 3 is 1.90 bits per heavy atom. The zero-order chi connectivity index (χ0) is 13.9. The molecule has 0 aromatic carbocycles. The molecule has 4 unspecified atom stereocenters. The van der Waals surface area contributed by atoms with Crippen LogP contribution in [0.4, 0.5) is 0 Å². The van der Waals surface area contributed by atoms with Crippen LogP contribution in [0.2, 0.25) is 0 Å². The molecule has 0 N–H and O–H groups in total. The predicted octanol–water partition coefficient (Wildman–Crippen LogP) is 5.43. The predicted molar refractivity (Wildman–Crippen MR) is 84.7 cm³/mol. The van der Waals surface area contributed by atoms with Gasteiger partial charge in [-0.2, -0.15) is 0 Å². The summed E-state index contributed by atoms with van der Waals surface area (Å²) in [5, 5.41) is 0. The molecule has 3 aliphatic carbocycles. The number of rotatable bonds is 6. The van der Waals surface area contributed by atoms with Gasteiger partial charge in [-0.3, -0.25) is 0 Å². The summed E-state index contributed by atoms with van der Waals surface area (Å²) in [6.07, 6.45) is 15.4. The van der Waals surface area contributed by atoms with Crippen molar-refractivity contribution >= 4 is 0 Å². The van der Waals surface area contributed by atoms with Crippen LogP contribution in [0.5, 0.6) is 0 Å². The highest BCUT2D eigenvalue weighted by Crippen LogP contribution is 2.54. The van der Waals surface area contributed by atoms with Crippen LogP contribution >= 0.6 is 0 Å². The first-order valence-corrected chi connectivity index (χ1v) is 9.41. The molecule has 0 radical (unpaired) electrons. The van der Waals surface area contributed by atoms with Crippen molar-refractivity contribution in [1.82, 2.24) is 0 Å². The van der Waals surface area contributed by atoms with Crippen molar-refractivity contribution in [2.45, 2.75) is 84.2 Å². The van der Waals surface area contributed by atoms with Gasteiger partial charge in [0.1, 0.15) is 0 Å². The molecule has 4 atom stereocenters. The van der Waals surface area contributed by atoms with Crippen molar-refractivity contribution in [3.63, 3.8) is 0 Å². The molecule has 0 saturated heterocycles. The van der Waals surface area contributed by atoms with Gasteiger partial charge in [-0.05, 0) is 75.0 Å². The Balaban J connectivity index is 1.47. The van der Waals surface area contributed by atoms with E-state index in [1.807, 2.05) is 0 Å². The second-order valence-corrected chi connectivity index (χ2v) is 7.89. The second-order valence-electron chi connectivity index (χ2n) is 7.89. The zero-order valence-corrected chi connectivity index (χ0v) is 13.7. The van der Waals surface area contributed by atoms with Gasteiger partial charge in [0, 0.05) is 6.61 Å². The minimum absolute atomic E-state index is 0.606. The number of unbranched alkanes of at least 4 members (excludes halogenated alkanes) is 2. The number of fused-ring (bicyclic) bond motifs is 2. The molecule has 0 bridgehead atoms. The lowest BCUT2D eigenvalue weighted by molar-refractivity contribution is 0.0636. The minimum Gasteiger partial charge on any atom is -0.378 e. The van der Waals surface area contributed by atoms with Crippen molar-refractivity contribution in [3.05, 3.63) is 0 Å². The summed E-state index contributed by atoms with van der Waals surface area (Å²) in [6.45, 7) is 5.39. The molecule has 116 valence electrons. The highest BCUT2D eigenvalue weighted by atomic mass is 16.5. The molecular weight excluding hydrogens is 244 g/mol. The van der Waals surface area contributed by atoms with Crippen LogP contribution in [0.25, 0.3) is 0 Å². The maximum Gasteiger partial charge on any atom is 0.0580 e. The molecule has 0 heterocycles. The van der Waals surface area contributed by atoms with Crippen LogP contribution in [0.1, 0.15) is 78.1 Å². The van der Waals surface area contributed by atoms with Crippen molar-refractivity contribution in [3.8, 4) is 0 Å². The Hall–Kier alpha value is -0.0400. The number of ether oxygens (including phenoxy) is 1. The lowest BCUT2D eigenvalue weighted by Gasteiger charge is -2.34. The Morgan fingerprint density at radius 2 is 1.35 bits per heavy atom. The topological polar surface area (TPSA) is 9.23 Å². The fourth-order valence-corrected chi connectivity index (χ4v) is 5.72. The monoisotopic (exact) mass is 278 g/mol. The third-order valence-corrected chi connectivity index (χ3v) is 6.57. The van der Waals surface area contributed by atoms with E-state index in [2.05, 4.69) is 13.8 Å². The molecule has 0 aromatic rings. The van der Waals surface area contributed by atoms with E-state index in [0.717, 1.165) is 36.2 Å². The Labute approximate surface area is 125 Å². The largest absolute Gasteiger partial charge is 0.378 e. The van der Waals surface area contributed by atoms with Gasteiger partial charge >= 0.3 is 0 Å². The van der Waals surface area contributed by atoms with Crippen LogP contribution in [0, 0.1) is 29.6 Å². The highest BCUT2D eigenvalue weighted by molar-refractivity contribution is 4.96. The van der Waals surface area contributed by atoms with E-state index in [1.54, 1.807) is 25.7 Å². The summed E-state index contributed by atoms with van der Waals surface area (Å²) in [5.41, 5.74) is 0. The second kappa shape index (κ2) is 6.81. The van der Waals surface area contributed by atoms with E-state index >= 15 is 0 Å². The first-order valence-electron chi connectivity index (χ1n) is 9.41. The maximum atomic E-state index is 5.90. The van der Waals surface area contributed by atoms with Gasteiger partial charge in [0.2, 0.25) is 0 Å². The Kier molecular flexibility index (Phi) is 5.07. The highest BCUT2D eigenvalue weighted by Gasteiger charge is 2.46. The number of hydrogen-bond donors (Lipinski definition) is 0. The standard InChI is InChI=1S/C19H34O/c1-3-5-6-7-14-8-15-10-17-12-19(20-4-2)13-18(17)11-16(15)9-14/h14-19H,3-13H2,1-2H3. The summed E-state index contributed by atoms with van der Waals surface area (Å²) in [4.78, 5) is 0. The third-order valence-electron chi connectivity index (χ3n) is 6.57. The van der Waals surface area contributed by atoms with Crippen LogP contribution in [-0.4, -0.2) is 12.7 Å². The van der Waals surface area contributed by atoms with E-state index in [0.29, 0.717) is 6.10 Å². The molecule has 3 fully saturated rings. The van der Waals surface area contributed by atoms with Crippen molar-refractivity contribution < 1.29 is 4.74 Å². The fraction of sp³-hybridized carbons (Fsp3) is 1.00. The third kappa shape index (κ3) is 3.24. The lowest BCUT2D eigenvalue weighted by atomic mass is 9.71. The van der Waals surface area contributed by atoms with Crippen LogP contribution in [0.3, 0.4) is 0 Å². The zero-order valence-electron chi connectivity index (χ0n) is 13.7. The van der Waals surface area contributed by atoms with E-state index < -0.39 is 0 Å². The molecule has 3 rings (SSSR count). The Bertz CT molecular complexity index is 278. The molecule has 0 amide bonds. The van der Waals surface area contributed by atoms with E-state index in [1.165, 1.54) is 38.5 Å². The summed E-state index contributed by atoms with van der Waals surface area (Å²) in [5.74, 6) is 5.29. The summed E-state index contributed by atoms with van der Waals surface area (Å²) >= 11 is 0. The molecule has 0 aromatic heterocycles. The quantitative estimate of drug-likeness (QED) is 0.588. The van der Waals surface area contributed by atoms with E-state index in [4.69, 9.17) is 4.74 Å². The smallest absolute Gasteiger partial charge is 0.0580 e. The van der Waals surface area contributed by atoms with Crippen molar-refractivity contribution in [2.24, 2.45) is 29.6 Å². The van der Waals surface area contributed by atoms with Gasteiger partial charge in [0.05, 0.1) is 6.10 Å². The molecule has 0 spiro atoms. The average Bonchev–Trinajstić information content (AvgIpc) is 2.98. The maximum absolute atomic E-state index is 5.90. The number of hydrogen-bond acceptors (Lipinski definition) is 1. The van der Waals surface area contributed by atoms with Crippen molar-refractivity contribution in [2.75, 3.05) is 6.61 Å². The molecule has 1 nitrogen and oxygen atoms in total. The molecule has 3 saturated carbocycles. The molecule has 20 heavy (non-hydrogen) atoms. The molecular formula is C19H34O. The Morgan fingerprint density at radius 1 is 0.750 bits per heavy atom.